The Balaban J connectivity index is 2.35. The third kappa shape index (κ3) is 4.86. The molecule has 0 bridgehead atoms. The summed E-state index contributed by atoms with van der Waals surface area (Å²) in [6.07, 6.45) is 3.07. The molecule has 0 N–H and O–H groups in total. The van der Waals surface area contributed by atoms with Crippen molar-refractivity contribution in [3.8, 4) is 0 Å². The summed E-state index contributed by atoms with van der Waals surface area (Å²) in [5.41, 5.74) is 0.990. The van der Waals surface area contributed by atoms with E-state index >= 15 is 0 Å². The summed E-state index contributed by atoms with van der Waals surface area (Å²) in [6, 6.07) is 9.60. The van der Waals surface area contributed by atoms with E-state index in [2.05, 4.69) is 0 Å². The van der Waals surface area contributed by atoms with Crippen LogP contribution in [0.4, 0.5) is 0 Å². The summed E-state index contributed by atoms with van der Waals surface area (Å²) in [5, 5.41) is 0. The summed E-state index contributed by atoms with van der Waals surface area (Å²) in [4.78, 5) is 13.0. The molecule has 1 rings (SSSR count). The fraction of sp³-hybridized carbons (Fsp3) is 0.250. The molecule has 0 aliphatic rings. The van der Waals surface area contributed by atoms with E-state index in [1.54, 1.807) is 11.1 Å². The predicted octanol–water partition coefficient (Wildman–Crippen LogP) is 1.81. The SMILES string of the molecule is CN(C)/C=C/C(=O)OCc1ccccc1. The lowest BCUT2D eigenvalue weighted by Gasteiger charge is -2.04. The quantitative estimate of drug-likeness (QED) is 0.554. The molecule has 0 saturated carbocycles. The number of benzene rings is 1. The van der Waals surface area contributed by atoms with E-state index in [0.717, 1.165) is 5.56 Å². The lowest BCUT2D eigenvalue weighted by atomic mass is 10.2. The van der Waals surface area contributed by atoms with Crippen molar-refractivity contribution in [1.82, 2.24) is 4.90 Å². The molecule has 0 aliphatic carbocycles. The van der Waals surface area contributed by atoms with Gasteiger partial charge in [0.2, 0.25) is 0 Å². The van der Waals surface area contributed by atoms with E-state index in [1.807, 2.05) is 44.4 Å². The van der Waals surface area contributed by atoms with Gasteiger partial charge in [0, 0.05) is 26.4 Å². The van der Waals surface area contributed by atoms with Gasteiger partial charge in [-0.05, 0) is 5.56 Å². The van der Waals surface area contributed by atoms with Crippen LogP contribution in [0, 0.1) is 0 Å². The number of hydrogen-bond donors (Lipinski definition) is 0. The van der Waals surface area contributed by atoms with Gasteiger partial charge in [0.15, 0.2) is 0 Å². The molecule has 0 radical (unpaired) electrons. The van der Waals surface area contributed by atoms with Crippen LogP contribution in [0.3, 0.4) is 0 Å². The van der Waals surface area contributed by atoms with Crippen LogP contribution in [0.5, 0.6) is 0 Å². The largest absolute Gasteiger partial charge is 0.458 e. The highest BCUT2D eigenvalue weighted by Gasteiger charge is 1.97. The predicted molar refractivity (Wildman–Crippen MR) is 59.1 cm³/mol. The third-order valence-corrected chi connectivity index (χ3v) is 1.73. The number of ether oxygens (including phenoxy) is 1. The summed E-state index contributed by atoms with van der Waals surface area (Å²) < 4.78 is 5.03. The van der Waals surface area contributed by atoms with Crippen molar-refractivity contribution >= 4 is 5.97 Å². The van der Waals surface area contributed by atoms with E-state index in [0.29, 0.717) is 6.61 Å². The minimum atomic E-state index is -0.326. The minimum Gasteiger partial charge on any atom is -0.458 e. The van der Waals surface area contributed by atoms with Crippen molar-refractivity contribution in [1.29, 1.82) is 0 Å². The zero-order valence-corrected chi connectivity index (χ0v) is 9.01. The van der Waals surface area contributed by atoms with E-state index in [4.69, 9.17) is 4.74 Å². The van der Waals surface area contributed by atoms with Gasteiger partial charge in [-0.1, -0.05) is 30.3 Å². The molecule has 0 amide bonds. The van der Waals surface area contributed by atoms with Gasteiger partial charge in [-0.2, -0.15) is 0 Å². The zero-order valence-electron chi connectivity index (χ0n) is 9.01. The first kappa shape index (κ1) is 11.3. The summed E-state index contributed by atoms with van der Waals surface area (Å²) >= 11 is 0. The second-order valence-corrected chi connectivity index (χ2v) is 3.37. The van der Waals surface area contributed by atoms with Crippen LogP contribution in [-0.4, -0.2) is 25.0 Å². The second-order valence-electron chi connectivity index (χ2n) is 3.37. The van der Waals surface area contributed by atoms with Crippen LogP contribution in [0.1, 0.15) is 5.56 Å². The fourth-order valence-electron chi connectivity index (χ4n) is 0.987. The number of esters is 1. The molecular formula is C12H15NO2. The molecule has 3 heteroatoms. The number of carbonyl (C=O) groups is 1. The molecule has 0 fully saturated rings. The van der Waals surface area contributed by atoms with Crippen molar-refractivity contribution in [2.24, 2.45) is 0 Å². The van der Waals surface area contributed by atoms with Crippen LogP contribution in [0.25, 0.3) is 0 Å². The normalized spacial score (nSPS) is 10.3. The maximum atomic E-state index is 11.2. The van der Waals surface area contributed by atoms with Crippen LogP contribution in [0.15, 0.2) is 42.6 Å². The Morgan fingerprint density at radius 2 is 2.00 bits per heavy atom. The maximum Gasteiger partial charge on any atom is 0.332 e. The Bertz CT molecular complexity index is 331. The Morgan fingerprint density at radius 1 is 1.33 bits per heavy atom. The highest BCUT2D eigenvalue weighted by atomic mass is 16.5. The average molecular weight is 205 g/mol. The average Bonchev–Trinajstić information content (AvgIpc) is 2.25. The Labute approximate surface area is 90.0 Å². The van der Waals surface area contributed by atoms with Crippen molar-refractivity contribution in [2.75, 3.05) is 14.1 Å². The highest BCUT2D eigenvalue weighted by Crippen LogP contribution is 2.00. The smallest absolute Gasteiger partial charge is 0.332 e. The molecule has 0 spiro atoms. The van der Waals surface area contributed by atoms with Crippen molar-refractivity contribution in [3.05, 3.63) is 48.2 Å². The number of rotatable bonds is 4. The molecule has 1 aromatic carbocycles. The van der Waals surface area contributed by atoms with Crippen LogP contribution in [-0.2, 0) is 16.1 Å². The van der Waals surface area contributed by atoms with E-state index in [1.165, 1.54) is 6.08 Å². The molecule has 0 heterocycles. The summed E-state index contributed by atoms with van der Waals surface area (Å²) in [7, 11) is 3.70. The van der Waals surface area contributed by atoms with Gasteiger partial charge in [0.25, 0.3) is 0 Å². The first-order valence-electron chi connectivity index (χ1n) is 4.74. The van der Waals surface area contributed by atoms with Crippen molar-refractivity contribution < 1.29 is 9.53 Å². The molecule has 0 saturated heterocycles. The molecule has 80 valence electrons. The minimum absolute atomic E-state index is 0.317. The molecule has 3 nitrogen and oxygen atoms in total. The van der Waals surface area contributed by atoms with Gasteiger partial charge in [-0.3, -0.25) is 0 Å². The Hall–Kier alpha value is -1.77. The van der Waals surface area contributed by atoms with E-state index < -0.39 is 0 Å². The van der Waals surface area contributed by atoms with Gasteiger partial charge in [0.1, 0.15) is 6.61 Å². The third-order valence-electron chi connectivity index (χ3n) is 1.73. The highest BCUT2D eigenvalue weighted by molar-refractivity contribution is 5.81. The fourth-order valence-corrected chi connectivity index (χ4v) is 0.987. The number of carbonyl (C=O) groups excluding carboxylic acids is 1. The van der Waals surface area contributed by atoms with Gasteiger partial charge in [-0.15, -0.1) is 0 Å². The monoisotopic (exact) mass is 205 g/mol. The van der Waals surface area contributed by atoms with Gasteiger partial charge >= 0.3 is 5.97 Å². The Morgan fingerprint density at radius 3 is 2.60 bits per heavy atom. The molecule has 15 heavy (non-hydrogen) atoms. The second kappa shape index (κ2) is 5.86. The summed E-state index contributed by atoms with van der Waals surface area (Å²) in [5.74, 6) is -0.326. The first-order chi connectivity index (χ1) is 7.18. The first-order valence-corrected chi connectivity index (χ1v) is 4.74. The van der Waals surface area contributed by atoms with Crippen LogP contribution < -0.4 is 0 Å². The van der Waals surface area contributed by atoms with Crippen LogP contribution >= 0.6 is 0 Å². The number of hydrogen-bond acceptors (Lipinski definition) is 3. The van der Waals surface area contributed by atoms with Crippen molar-refractivity contribution in [3.63, 3.8) is 0 Å². The zero-order chi connectivity index (χ0) is 11.1. The van der Waals surface area contributed by atoms with Crippen LogP contribution in [0.2, 0.25) is 0 Å². The maximum absolute atomic E-state index is 11.2. The van der Waals surface area contributed by atoms with E-state index in [-0.39, 0.29) is 5.97 Å². The topological polar surface area (TPSA) is 29.5 Å². The lowest BCUT2D eigenvalue weighted by molar-refractivity contribution is -0.139. The van der Waals surface area contributed by atoms with Gasteiger partial charge in [0.05, 0.1) is 0 Å². The molecule has 0 aromatic heterocycles. The molecule has 0 unspecified atom stereocenters. The van der Waals surface area contributed by atoms with Gasteiger partial charge in [-0.25, -0.2) is 4.79 Å². The van der Waals surface area contributed by atoms with Crippen molar-refractivity contribution in [2.45, 2.75) is 6.61 Å². The van der Waals surface area contributed by atoms with E-state index in [9.17, 15) is 4.79 Å². The molecule has 0 aliphatic heterocycles. The molecule has 1 aromatic rings. The Kier molecular flexibility index (Phi) is 4.41. The standard InChI is InChI=1S/C12H15NO2/c1-13(2)9-8-12(14)15-10-11-6-4-3-5-7-11/h3-9H,10H2,1-2H3/b9-8+. The molecule has 0 atom stereocenters. The van der Waals surface area contributed by atoms with Gasteiger partial charge < -0.3 is 9.64 Å². The molecular weight excluding hydrogens is 190 g/mol. The lowest BCUT2D eigenvalue weighted by Crippen LogP contribution is -2.05. The summed E-state index contributed by atoms with van der Waals surface area (Å²) in [6.45, 7) is 0.317. The number of nitrogens with zero attached hydrogens (tertiary/aromatic N) is 1.